The molecule has 5 rings (SSSR count). The third-order valence-corrected chi connectivity index (χ3v) is 6.76. The van der Waals surface area contributed by atoms with Gasteiger partial charge in [-0.3, -0.25) is 9.67 Å². The highest BCUT2D eigenvalue weighted by Crippen LogP contribution is 2.40. The van der Waals surface area contributed by atoms with Crippen LogP contribution in [0.5, 0.6) is 0 Å². The predicted octanol–water partition coefficient (Wildman–Crippen LogP) is 4.29. The second-order valence-electron chi connectivity index (χ2n) is 8.67. The van der Waals surface area contributed by atoms with Crippen LogP contribution >= 0.6 is 0 Å². The summed E-state index contributed by atoms with van der Waals surface area (Å²) in [6.45, 7) is 9.06. The number of rotatable bonds is 3. The number of hydrogen-bond donors (Lipinski definition) is 1. The number of fused-ring (bicyclic) bond motifs is 2. The first-order valence-electron chi connectivity index (χ1n) is 12.2. The summed E-state index contributed by atoms with van der Waals surface area (Å²) < 4.78 is 34.3. The summed E-state index contributed by atoms with van der Waals surface area (Å²) in [6.07, 6.45) is 0.334. The highest BCUT2D eigenvalue weighted by atomic mass is 19.3. The van der Waals surface area contributed by atoms with Crippen molar-refractivity contribution < 1.29 is 18.3 Å². The number of alkyl halides is 2. The molecule has 0 aromatic carbocycles. The minimum Gasteiger partial charge on any atom is -0.453 e. The molecule has 1 amide bonds. The van der Waals surface area contributed by atoms with Crippen molar-refractivity contribution in [1.82, 2.24) is 25.0 Å². The number of ether oxygens (including phenoxy) is 1. The van der Waals surface area contributed by atoms with Crippen LogP contribution in [-0.2, 0) is 24.1 Å². The van der Waals surface area contributed by atoms with E-state index in [9.17, 15) is 13.6 Å². The van der Waals surface area contributed by atoms with E-state index >= 15 is 0 Å². The number of aromatic nitrogens is 3. The Bertz CT molecular complexity index is 1030. The molecule has 0 aliphatic carbocycles. The molecule has 0 saturated carbocycles. The van der Waals surface area contributed by atoms with E-state index in [1.54, 1.807) is 17.9 Å². The summed E-state index contributed by atoms with van der Waals surface area (Å²) in [5.41, 5.74) is 3.95. The lowest BCUT2D eigenvalue weighted by Gasteiger charge is -2.32. The first kappa shape index (κ1) is 24.4. The summed E-state index contributed by atoms with van der Waals surface area (Å²) in [7, 11) is 1.38. The van der Waals surface area contributed by atoms with Gasteiger partial charge in [0.2, 0.25) is 0 Å². The molecule has 2 aromatic rings. The maximum Gasteiger partial charge on any atom is 0.409 e. The van der Waals surface area contributed by atoms with Gasteiger partial charge in [0, 0.05) is 48.6 Å². The lowest BCUT2D eigenvalue weighted by Crippen LogP contribution is -2.37. The summed E-state index contributed by atoms with van der Waals surface area (Å²) in [4.78, 5) is 20.5. The Hall–Kier alpha value is -2.75. The molecule has 2 aromatic heterocycles. The standard InChI is InChI=1S/C22H28F2N6O2.C2H6/c1-13-15(20(23)24)10-19-17(26-13)4-3-8-29(19)21-16-12-28(22(31)32-2)9-6-18(16)30(27-21)14-5-7-25-11-14;1-2/h10,14,20,25H,3-9,11-12H2,1-2H3;1-2H3. The minimum absolute atomic E-state index is 0.0415. The summed E-state index contributed by atoms with van der Waals surface area (Å²) in [5.74, 6) is 0.743. The van der Waals surface area contributed by atoms with E-state index in [1.165, 1.54) is 7.11 Å². The molecule has 1 saturated heterocycles. The number of anilines is 2. The van der Waals surface area contributed by atoms with E-state index in [4.69, 9.17) is 9.84 Å². The van der Waals surface area contributed by atoms with E-state index in [0.717, 1.165) is 55.1 Å². The van der Waals surface area contributed by atoms with Crippen LogP contribution in [0.15, 0.2) is 6.07 Å². The second-order valence-corrected chi connectivity index (χ2v) is 8.67. The Morgan fingerprint density at radius 1 is 1.26 bits per heavy atom. The molecule has 3 aliphatic heterocycles. The van der Waals surface area contributed by atoms with Gasteiger partial charge in [-0.05, 0) is 38.8 Å². The fourth-order valence-electron chi connectivity index (χ4n) is 5.12. The minimum atomic E-state index is -2.58. The van der Waals surface area contributed by atoms with E-state index < -0.39 is 6.43 Å². The second kappa shape index (κ2) is 10.2. The first-order valence-corrected chi connectivity index (χ1v) is 12.2. The van der Waals surface area contributed by atoms with Crippen LogP contribution in [0.25, 0.3) is 0 Å². The van der Waals surface area contributed by atoms with Gasteiger partial charge in [-0.2, -0.15) is 5.10 Å². The number of methoxy groups -OCH3 is 1. The van der Waals surface area contributed by atoms with Gasteiger partial charge in [-0.25, -0.2) is 13.6 Å². The van der Waals surface area contributed by atoms with Crippen molar-refractivity contribution in [2.75, 3.05) is 38.2 Å². The third kappa shape index (κ3) is 4.35. The molecule has 34 heavy (non-hydrogen) atoms. The molecular weight excluding hydrogens is 442 g/mol. The van der Waals surface area contributed by atoms with Crippen molar-refractivity contribution in [1.29, 1.82) is 0 Å². The van der Waals surface area contributed by atoms with Crippen molar-refractivity contribution >= 4 is 17.6 Å². The Morgan fingerprint density at radius 2 is 2.06 bits per heavy atom. The largest absolute Gasteiger partial charge is 0.453 e. The summed E-state index contributed by atoms with van der Waals surface area (Å²) in [6, 6.07) is 1.82. The molecule has 0 bridgehead atoms. The number of pyridine rings is 1. The van der Waals surface area contributed by atoms with Crippen LogP contribution in [0.3, 0.4) is 0 Å². The molecule has 186 valence electrons. The smallest absolute Gasteiger partial charge is 0.409 e. The number of amides is 1. The number of nitrogens with one attached hydrogen (secondary N) is 1. The maximum absolute atomic E-state index is 13.6. The SMILES string of the molecule is CC.COC(=O)N1CCc2c(c(N3CCCc4nc(C)c(C(F)F)cc43)nn2C2CCNC2)C1. The van der Waals surface area contributed by atoms with Crippen LogP contribution in [0.4, 0.5) is 25.1 Å². The quantitative estimate of drug-likeness (QED) is 0.712. The average molecular weight is 477 g/mol. The predicted molar refractivity (Wildman–Crippen MR) is 126 cm³/mol. The van der Waals surface area contributed by atoms with Crippen molar-refractivity contribution in [2.24, 2.45) is 0 Å². The van der Waals surface area contributed by atoms with Crippen molar-refractivity contribution in [3.8, 4) is 0 Å². The first-order chi connectivity index (χ1) is 16.5. The monoisotopic (exact) mass is 476 g/mol. The third-order valence-electron chi connectivity index (χ3n) is 6.76. The zero-order chi connectivity index (χ0) is 24.4. The molecule has 1 unspecified atom stereocenters. The van der Waals surface area contributed by atoms with Crippen LogP contribution in [0.1, 0.15) is 67.4 Å². The van der Waals surface area contributed by atoms with Crippen molar-refractivity contribution in [2.45, 2.75) is 65.5 Å². The molecule has 0 spiro atoms. The zero-order valence-corrected chi connectivity index (χ0v) is 20.4. The topological polar surface area (TPSA) is 75.5 Å². The molecule has 5 heterocycles. The van der Waals surface area contributed by atoms with E-state index in [2.05, 4.69) is 15.0 Å². The number of halogens is 2. The van der Waals surface area contributed by atoms with Gasteiger partial charge >= 0.3 is 6.09 Å². The number of carbonyl (C=O) groups is 1. The average Bonchev–Trinajstić information content (AvgIpc) is 3.51. The normalized spacial score (nSPS) is 19.4. The fourth-order valence-corrected chi connectivity index (χ4v) is 5.12. The maximum atomic E-state index is 13.6. The Balaban J connectivity index is 0.00000133. The van der Waals surface area contributed by atoms with Crippen molar-refractivity contribution in [3.63, 3.8) is 0 Å². The van der Waals surface area contributed by atoms with Crippen LogP contribution in [-0.4, -0.2) is 59.0 Å². The van der Waals surface area contributed by atoms with Crippen LogP contribution in [0, 0.1) is 6.92 Å². The van der Waals surface area contributed by atoms with Crippen LogP contribution < -0.4 is 10.2 Å². The molecule has 1 atom stereocenters. The number of carbonyl (C=O) groups excluding carboxylic acids is 1. The van der Waals surface area contributed by atoms with Gasteiger partial charge in [-0.15, -0.1) is 0 Å². The van der Waals surface area contributed by atoms with E-state index in [-0.39, 0.29) is 17.7 Å². The number of hydrogen-bond acceptors (Lipinski definition) is 6. The summed E-state index contributed by atoms with van der Waals surface area (Å²) in [5, 5.41) is 8.41. The Morgan fingerprint density at radius 3 is 2.74 bits per heavy atom. The highest BCUT2D eigenvalue weighted by Gasteiger charge is 2.35. The van der Waals surface area contributed by atoms with Crippen LogP contribution in [0.2, 0.25) is 0 Å². The highest BCUT2D eigenvalue weighted by molar-refractivity contribution is 5.71. The molecule has 10 heteroatoms. The molecular formula is C24H34F2N6O2. The van der Waals surface area contributed by atoms with Gasteiger partial charge in [0.05, 0.1) is 31.1 Å². The van der Waals surface area contributed by atoms with Crippen molar-refractivity contribution in [3.05, 3.63) is 34.3 Å². The molecule has 8 nitrogen and oxygen atoms in total. The number of nitrogens with zero attached hydrogens (tertiary/aromatic N) is 5. The lowest BCUT2D eigenvalue weighted by molar-refractivity contribution is 0.118. The molecule has 0 radical (unpaired) electrons. The molecule has 1 fully saturated rings. The zero-order valence-electron chi connectivity index (χ0n) is 20.4. The van der Waals surface area contributed by atoms with Gasteiger partial charge in [-0.1, -0.05) is 13.8 Å². The fraction of sp³-hybridized carbons (Fsp3) is 0.625. The number of aryl methyl sites for hydroxylation is 2. The summed E-state index contributed by atoms with van der Waals surface area (Å²) >= 11 is 0. The van der Waals surface area contributed by atoms with Gasteiger partial charge < -0.3 is 19.9 Å². The van der Waals surface area contributed by atoms with Gasteiger partial charge in [0.1, 0.15) is 0 Å². The Kier molecular flexibility index (Phi) is 7.35. The van der Waals surface area contributed by atoms with Gasteiger partial charge in [0.15, 0.2) is 5.82 Å². The van der Waals surface area contributed by atoms with E-state index in [1.807, 2.05) is 18.7 Å². The molecule has 1 N–H and O–H groups in total. The van der Waals surface area contributed by atoms with Gasteiger partial charge in [0.25, 0.3) is 6.43 Å². The lowest BCUT2D eigenvalue weighted by atomic mass is 10.0. The molecule has 3 aliphatic rings. The Labute approximate surface area is 199 Å². The van der Waals surface area contributed by atoms with E-state index in [0.29, 0.717) is 37.4 Å².